The molecule has 0 unspecified atom stereocenters. The van der Waals surface area contributed by atoms with Gasteiger partial charge in [0.25, 0.3) is 0 Å². The van der Waals surface area contributed by atoms with E-state index < -0.39 is 0 Å². The van der Waals surface area contributed by atoms with Gasteiger partial charge < -0.3 is 9.47 Å². The lowest BCUT2D eigenvalue weighted by molar-refractivity contribution is 1.18. The van der Waals surface area contributed by atoms with Crippen molar-refractivity contribution in [2.24, 2.45) is 0 Å². The van der Waals surface area contributed by atoms with Gasteiger partial charge in [0.2, 0.25) is 0 Å². The Balaban J connectivity index is 0.970. The zero-order chi connectivity index (χ0) is 39.8. The SMILES string of the molecule is c1ccc(-c2ccc(-c3ccc(N(c4ccc(-c5ccc(-n6c7ccccc7c7ccccc76)cc5)cc4)c4ccccc4-c4cccc5ccccc45)cc3)cc2)cc1. The first-order valence-corrected chi connectivity index (χ1v) is 20.6. The summed E-state index contributed by atoms with van der Waals surface area (Å²) in [5, 5.41) is 5.01. The van der Waals surface area contributed by atoms with Crippen LogP contribution in [0.3, 0.4) is 0 Å². The molecule has 0 aliphatic heterocycles. The van der Waals surface area contributed by atoms with Gasteiger partial charge in [-0.15, -0.1) is 0 Å². The predicted octanol–water partition coefficient (Wildman–Crippen LogP) is 16.1. The molecule has 282 valence electrons. The molecule has 11 aromatic rings. The number of aromatic nitrogens is 1. The highest BCUT2D eigenvalue weighted by Gasteiger charge is 2.19. The fraction of sp³-hybridized carbons (Fsp3) is 0. The van der Waals surface area contributed by atoms with Crippen molar-refractivity contribution in [1.82, 2.24) is 4.57 Å². The zero-order valence-corrected chi connectivity index (χ0v) is 33.0. The van der Waals surface area contributed by atoms with Crippen molar-refractivity contribution in [3.05, 3.63) is 243 Å². The van der Waals surface area contributed by atoms with E-state index in [-0.39, 0.29) is 0 Å². The molecular formula is C58H40N2. The summed E-state index contributed by atoms with van der Waals surface area (Å²) in [6.07, 6.45) is 0. The molecular weight excluding hydrogens is 725 g/mol. The third-order valence-electron chi connectivity index (χ3n) is 11.8. The summed E-state index contributed by atoms with van der Waals surface area (Å²) < 4.78 is 2.37. The summed E-state index contributed by atoms with van der Waals surface area (Å²) in [4.78, 5) is 2.40. The summed E-state index contributed by atoms with van der Waals surface area (Å²) in [6.45, 7) is 0. The fourth-order valence-corrected chi connectivity index (χ4v) is 8.88. The van der Waals surface area contributed by atoms with Crippen LogP contribution >= 0.6 is 0 Å². The number of hydrogen-bond acceptors (Lipinski definition) is 1. The van der Waals surface area contributed by atoms with Crippen molar-refractivity contribution < 1.29 is 0 Å². The zero-order valence-electron chi connectivity index (χ0n) is 33.0. The van der Waals surface area contributed by atoms with E-state index in [1.807, 2.05) is 0 Å². The first-order valence-electron chi connectivity index (χ1n) is 20.6. The van der Waals surface area contributed by atoms with Crippen molar-refractivity contribution in [2.45, 2.75) is 0 Å². The average molecular weight is 765 g/mol. The van der Waals surface area contributed by atoms with E-state index in [0.29, 0.717) is 0 Å². The summed E-state index contributed by atoms with van der Waals surface area (Å²) in [7, 11) is 0. The third-order valence-corrected chi connectivity index (χ3v) is 11.8. The summed E-state index contributed by atoms with van der Waals surface area (Å²) >= 11 is 0. The number of anilines is 3. The Kier molecular flexibility index (Phi) is 8.87. The molecule has 2 nitrogen and oxygen atoms in total. The average Bonchev–Trinajstić information content (AvgIpc) is 3.67. The van der Waals surface area contributed by atoms with Gasteiger partial charge in [0, 0.05) is 33.4 Å². The van der Waals surface area contributed by atoms with Crippen LogP contribution in [0.1, 0.15) is 0 Å². The van der Waals surface area contributed by atoms with Crippen LogP contribution in [-0.4, -0.2) is 4.57 Å². The van der Waals surface area contributed by atoms with Crippen LogP contribution in [0.5, 0.6) is 0 Å². The Morgan fingerprint density at radius 3 is 1.25 bits per heavy atom. The van der Waals surface area contributed by atoms with E-state index in [0.717, 1.165) is 22.7 Å². The third kappa shape index (κ3) is 6.32. The Bertz CT molecular complexity index is 3210. The molecule has 0 aliphatic rings. The molecule has 0 aliphatic carbocycles. The van der Waals surface area contributed by atoms with Crippen LogP contribution in [0.25, 0.3) is 82.8 Å². The molecule has 0 saturated carbocycles. The number of rotatable bonds is 8. The maximum atomic E-state index is 2.40. The predicted molar refractivity (Wildman–Crippen MR) is 255 cm³/mol. The number of fused-ring (bicyclic) bond motifs is 4. The molecule has 0 saturated heterocycles. The number of hydrogen-bond donors (Lipinski definition) is 0. The first-order chi connectivity index (χ1) is 29.8. The number of benzene rings is 10. The molecule has 0 radical (unpaired) electrons. The molecule has 11 rings (SSSR count). The van der Waals surface area contributed by atoms with E-state index >= 15 is 0 Å². The molecule has 0 N–H and O–H groups in total. The Hall–Kier alpha value is -7.94. The Morgan fingerprint density at radius 1 is 0.267 bits per heavy atom. The maximum Gasteiger partial charge on any atom is 0.0541 e. The summed E-state index contributed by atoms with van der Waals surface area (Å²) in [5.74, 6) is 0. The first kappa shape index (κ1) is 35.2. The molecule has 0 spiro atoms. The van der Waals surface area contributed by atoms with Gasteiger partial charge in [-0.1, -0.05) is 188 Å². The van der Waals surface area contributed by atoms with Gasteiger partial charge in [-0.05, 0) is 104 Å². The van der Waals surface area contributed by atoms with Gasteiger partial charge in [0.1, 0.15) is 0 Å². The van der Waals surface area contributed by atoms with E-state index in [2.05, 4.69) is 252 Å². The van der Waals surface area contributed by atoms with E-state index in [1.165, 1.54) is 77.1 Å². The molecule has 1 heterocycles. The van der Waals surface area contributed by atoms with E-state index in [4.69, 9.17) is 0 Å². The Labute approximate surface area is 350 Å². The normalized spacial score (nSPS) is 11.3. The quantitative estimate of drug-likeness (QED) is 0.150. The minimum atomic E-state index is 1.09. The molecule has 0 bridgehead atoms. The molecule has 10 aromatic carbocycles. The molecule has 0 fully saturated rings. The van der Waals surface area contributed by atoms with Crippen LogP contribution < -0.4 is 4.90 Å². The molecule has 2 heteroatoms. The number of nitrogens with zero attached hydrogens (tertiary/aromatic N) is 2. The van der Waals surface area contributed by atoms with E-state index in [9.17, 15) is 0 Å². The monoisotopic (exact) mass is 764 g/mol. The highest BCUT2D eigenvalue weighted by molar-refractivity contribution is 6.09. The maximum absolute atomic E-state index is 2.40. The smallest absolute Gasteiger partial charge is 0.0541 e. The molecule has 1 aromatic heterocycles. The van der Waals surface area contributed by atoms with Crippen molar-refractivity contribution >= 4 is 49.6 Å². The lowest BCUT2D eigenvalue weighted by Crippen LogP contribution is -2.11. The van der Waals surface area contributed by atoms with Crippen LogP contribution in [0.4, 0.5) is 17.1 Å². The second kappa shape index (κ2) is 15.1. The van der Waals surface area contributed by atoms with Crippen molar-refractivity contribution in [1.29, 1.82) is 0 Å². The lowest BCUT2D eigenvalue weighted by Gasteiger charge is -2.28. The summed E-state index contributed by atoms with van der Waals surface area (Å²) in [5.41, 5.74) is 16.4. The van der Waals surface area contributed by atoms with Gasteiger partial charge in [-0.3, -0.25) is 0 Å². The minimum Gasteiger partial charge on any atom is -0.310 e. The minimum absolute atomic E-state index is 1.09. The van der Waals surface area contributed by atoms with Crippen LogP contribution in [0, 0.1) is 0 Å². The number of para-hydroxylation sites is 3. The van der Waals surface area contributed by atoms with Crippen molar-refractivity contribution in [3.8, 4) is 50.2 Å². The van der Waals surface area contributed by atoms with Crippen LogP contribution in [-0.2, 0) is 0 Å². The fourth-order valence-electron chi connectivity index (χ4n) is 8.88. The van der Waals surface area contributed by atoms with E-state index in [1.54, 1.807) is 0 Å². The van der Waals surface area contributed by atoms with Gasteiger partial charge in [0.15, 0.2) is 0 Å². The van der Waals surface area contributed by atoms with Gasteiger partial charge >= 0.3 is 0 Å². The van der Waals surface area contributed by atoms with Crippen molar-refractivity contribution in [2.75, 3.05) is 4.90 Å². The topological polar surface area (TPSA) is 8.17 Å². The van der Waals surface area contributed by atoms with Gasteiger partial charge in [0.05, 0.1) is 16.7 Å². The highest BCUT2D eigenvalue weighted by Crippen LogP contribution is 2.43. The standard InChI is InChI=1S/C58H40N2/c1-2-13-41(14-3-1)42-25-27-43(28-26-42)44-29-35-48(36-30-44)59(56-22-9-6-18-53(56)52-21-12-16-47-15-4-5-17-51(47)52)49-37-31-45(32-38-49)46-33-39-50(40-34-46)60-57-23-10-7-19-54(57)55-20-8-11-24-58(55)60/h1-40H. The van der Waals surface area contributed by atoms with Gasteiger partial charge in [-0.2, -0.15) is 0 Å². The second-order valence-corrected chi connectivity index (χ2v) is 15.3. The Morgan fingerprint density at radius 2 is 0.667 bits per heavy atom. The van der Waals surface area contributed by atoms with Crippen LogP contribution in [0.2, 0.25) is 0 Å². The van der Waals surface area contributed by atoms with Crippen molar-refractivity contribution in [3.63, 3.8) is 0 Å². The van der Waals surface area contributed by atoms with Crippen LogP contribution in [0.15, 0.2) is 243 Å². The summed E-state index contributed by atoms with van der Waals surface area (Å²) in [6, 6.07) is 87.8. The second-order valence-electron chi connectivity index (χ2n) is 15.3. The van der Waals surface area contributed by atoms with Gasteiger partial charge in [-0.25, -0.2) is 0 Å². The molecule has 60 heavy (non-hydrogen) atoms. The molecule has 0 amide bonds. The molecule has 0 atom stereocenters. The highest BCUT2D eigenvalue weighted by atomic mass is 15.1. The largest absolute Gasteiger partial charge is 0.310 e. The lowest BCUT2D eigenvalue weighted by atomic mass is 9.95.